The van der Waals surface area contributed by atoms with Crippen LogP contribution < -0.4 is 0 Å². The van der Waals surface area contributed by atoms with Crippen LogP contribution in [0.1, 0.15) is 194 Å². The van der Waals surface area contributed by atoms with E-state index in [1.807, 2.05) is 0 Å². The lowest BCUT2D eigenvalue weighted by atomic mass is 10.0. The standard InChI is InChI=1S/C53H86O5/c1-3-5-7-9-11-13-15-17-18-19-20-21-22-23-24-25-26-27-28-29-30-31-32-33-34-36-38-40-42-44-46-48-53(56)58-51(49-54)50-57-52(55)47-45-43-41-39-37-35-16-14-12-10-8-6-4-2/h5,7,11,13,17-18,20-21,23-24,26-27,29-30,32-33,36,38,51,54H,3-4,6,8-10,12,14-16,19,22,25,28,31,34-35,37,39-50H2,1-2H3/b7-5-,13-11-,18-17-,21-20-,24-23-,27-26-,30-29-,33-32-,38-36-. The molecule has 0 aromatic rings. The number of unbranched alkanes of at least 4 members (excludes halogenated alkanes) is 15. The van der Waals surface area contributed by atoms with Crippen molar-refractivity contribution in [1.82, 2.24) is 0 Å². The number of aliphatic hydroxyl groups excluding tert-OH is 1. The summed E-state index contributed by atoms with van der Waals surface area (Å²) in [5.74, 6) is -0.635. The van der Waals surface area contributed by atoms with Crippen molar-refractivity contribution in [3.63, 3.8) is 0 Å². The van der Waals surface area contributed by atoms with Gasteiger partial charge in [0, 0.05) is 12.8 Å². The van der Waals surface area contributed by atoms with Gasteiger partial charge in [-0.2, -0.15) is 0 Å². The van der Waals surface area contributed by atoms with Crippen LogP contribution in [0.4, 0.5) is 0 Å². The molecule has 0 fully saturated rings. The number of allylic oxidation sites excluding steroid dienone is 18. The third-order valence-corrected chi connectivity index (χ3v) is 9.58. The van der Waals surface area contributed by atoms with Gasteiger partial charge in [0.05, 0.1) is 6.61 Å². The van der Waals surface area contributed by atoms with Crippen LogP contribution in [0.15, 0.2) is 109 Å². The number of esters is 2. The second kappa shape index (κ2) is 47.9. The molecule has 0 radical (unpaired) electrons. The summed E-state index contributed by atoms with van der Waals surface area (Å²) in [5, 5.41) is 9.58. The molecule has 1 N–H and O–H groups in total. The van der Waals surface area contributed by atoms with Crippen LogP contribution in [-0.4, -0.2) is 36.4 Å². The van der Waals surface area contributed by atoms with E-state index in [0.29, 0.717) is 12.8 Å². The lowest BCUT2D eigenvalue weighted by molar-refractivity contribution is -0.161. The van der Waals surface area contributed by atoms with Crippen molar-refractivity contribution < 1.29 is 24.2 Å². The van der Waals surface area contributed by atoms with Gasteiger partial charge in [0.2, 0.25) is 0 Å². The summed E-state index contributed by atoms with van der Waals surface area (Å²) in [4.78, 5) is 24.3. The monoisotopic (exact) mass is 803 g/mol. The van der Waals surface area contributed by atoms with E-state index >= 15 is 0 Å². The van der Waals surface area contributed by atoms with Crippen molar-refractivity contribution in [3.05, 3.63) is 109 Å². The molecule has 5 heteroatoms. The molecule has 58 heavy (non-hydrogen) atoms. The predicted octanol–water partition coefficient (Wildman–Crippen LogP) is 15.4. The van der Waals surface area contributed by atoms with Gasteiger partial charge in [0.25, 0.3) is 0 Å². The van der Waals surface area contributed by atoms with Gasteiger partial charge in [0.15, 0.2) is 6.10 Å². The van der Waals surface area contributed by atoms with Crippen molar-refractivity contribution in [2.45, 2.75) is 200 Å². The molecule has 0 aromatic heterocycles. The number of aliphatic hydroxyl groups is 1. The van der Waals surface area contributed by atoms with Crippen molar-refractivity contribution in [1.29, 1.82) is 0 Å². The molecule has 0 aliphatic heterocycles. The zero-order chi connectivity index (χ0) is 42.1. The maximum atomic E-state index is 12.2. The highest BCUT2D eigenvalue weighted by molar-refractivity contribution is 5.70. The van der Waals surface area contributed by atoms with E-state index in [0.717, 1.165) is 103 Å². The maximum absolute atomic E-state index is 12.2. The average molecular weight is 803 g/mol. The molecule has 0 saturated heterocycles. The normalized spacial score (nSPS) is 13.2. The number of ether oxygens (including phenoxy) is 2. The first-order valence-electron chi connectivity index (χ1n) is 23.4. The van der Waals surface area contributed by atoms with E-state index in [1.165, 1.54) is 64.2 Å². The summed E-state index contributed by atoms with van der Waals surface area (Å²) >= 11 is 0. The number of hydrogen-bond donors (Lipinski definition) is 1. The predicted molar refractivity (Wildman–Crippen MR) is 251 cm³/mol. The highest BCUT2D eigenvalue weighted by Crippen LogP contribution is 2.13. The molecule has 5 nitrogen and oxygen atoms in total. The van der Waals surface area contributed by atoms with E-state index in [-0.39, 0.29) is 25.2 Å². The van der Waals surface area contributed by atoms with Crippen LogP contribution in [-0.2, 0) is 19.1 Å². The summed E-state index contributed by atoms with van der Waals surface area (Å²) in [6, 6.07) is 0. The molecule has 328 valence electrons. The molecule has 0 aliphatic carbocycles. The molecule has 0 aromatic carbocycles. The van der Waals surface area contributed by atoms with Gasteiger partial charge in [-0.05, 0) is 83.5 Å². The average Bonchev–Trinajstić information content (AvgIpc) is 3.23. The molecule has 1 unspecified atom stereocenters. The Morgan fingerprint density at radius 2 is 0.741 bits per heavy atom. The van der Waals surface area contributed by atoms with Gasteiger partial charge in [-0.25, -0.2) is 0 Å². The first-order chi connectivity index (χ1) is 28.6. The summed E-state index contributed by atoms with van der Waals surface area (Å²) in [6.07, 6.45) is 68.8. The molecule has 0 bridgehead atoms. The Kier molecular flexibility index (Phi) is 45.1. The van der Waals surface area contributed by atoms with Gasteiger partial charge >= 0.3 is 11.9 Å². The fourth-order valence-corrected chi connectivity index (χ4v) is 6.07. The van der Waals surface area contributed by atoms with Crippen LogP contribution in [0.25, 0.3) is 0 Å². The summed E-state index contributed by atoms with van der Waals surface area (Å²) in [5.41, 5.74) is 0. The Labute approximate surface area is 357 Å². The van der Waals surface area contributed by atoms with Crippen LogP contribution in [0.3, 0.4) is 0 Å². The zero-order valence-corrected chi connectivity index (χ0v) is 37.3. The SMILES string of the molecule is CC/C=C\C/C=C\C/C=C\C/C=C\C/C=C\C/C=C\C/C=C\C/C=C\C/C=C\CCCCCC(=O)OC(CO)COC(=O)CCCCCCCCCCCCCCC. The van der Waals surface area contributed by atoms with E-state index in [2.05, 4.69) is 123 Å². The van der Waals surface area contributed by atoms with Crippen LogP contribution in [0, 0.1) is 0 Å². The number of rotatable bonds is 41. The lowest BCUT2D eigenvalue weighted by Crippen LogP contribution is -2.28. The highest BCUT2D eigenvalue weighted by atomic mass is 16.6. The summed E-state index contributed by atoms with van der Waals surface area (Å²) in [6.45, 7) is 3.98. The molecule has 1 atom stereocenters. The maximum Gasteiger partial charge on any atom is 0.306 e. The second-order valence-electron chi connectivity index (χ2n) is 15.1. The number of hydrogen-bond acceptors (Lipinski definition) is 5. The third kappa shape index (κ3) is 45.3. The zero-order valence-electron chi connectivity index (χ0n) is 37.3. The van der Waals surface area contributed by atoms with Crippen LogP contribution in [0.5, 0.6) is 0 Å². The third-order valence-electron chi connectivity index (χ3n) is 9.58. The Morgan fingerprint density at radius 1 is 0.414 bits per heavy atom. The van der Waals surface area contributed by atoms with E-state index in [1.54, 1.807) is 0 Å². The van der Waals surface area contributed by atoms with Crippen molar-refractivity contribution in [2.24, 2.45) is 0 Å². The van der Waals surface area contributed by atoms with Gasteiger partial charge in [-0.15, -0.1) is 0 Å². The molecular weight excluding hydrogens is 717 g/mol. The molecular formula is C53H86O5. The van der Waals surface area contributed by atoms with Gasteiger partial charge < -0.3 is 14.6 Å². The lowest BCUT2D eigenvalue weighted by Gasteiger charge is -2.15. The van der Waals surface area contributed by atoms with E-state index in [9.17, 15) is 14.7 Å². The first-order valence-corrected chi connectivity index (χ1v) is 23.4. The Balaban J connectivity index is 3.68. The quantitative estimate of drug-likeness (QED) is 0.0379. The topological polar surface area (TPSA) is 72.8 Å². The molecule has 0 spiro atoms. The fraction of sp³-hybridized carbons (Fsp3) is 0.623. The summed E-state index contributed by atoms with van der Waals surface area (Å²) < 4.78 is 10.6. The molecule has 0 saturated carbocycles. The Morgan fingerprint density at radius 3 is 1.12 bits per heavy atom. The van der Waals surface area contributed by atoms with Crippen LogP contribution >= 0.6 is 0 Å². The van der Waals surface area contributed by atoms with Crippen molar-refractivity contribution in [2.75, 3.05) is 13.2 Å². The second-order valence-corrected chi connectivity index (χ2v) is 15.1. The largest absolute Gasteiger partial charge is 0.462 e. The van der Waals surface area contributed by atoms with E-state index < -0.39 is 6.10 Å². The van der Waals surface area contributed by atoms with E-state index in [4.69, 9.17) is 9.47 Å². The first kappa shape index (κ1) is 54.6. The molecule has 0 aliphatic rings. The Hall–Kier alpha value is -3.44. The van der Waals surface area contributed by atoms with Gasteiger partial charge in [0.1, 0.15) is 6.61 Å². The minimum Gasteiger partial charge on any atom is -0.462 e. The van der Waals surface area contributed by atoms with Crippen LogP contribution in [0.2, 0.25) is 0 Å². The fourth-order valence-electron chi connectivity index (χ4n) is 6.07. The number of carbonyl (C=O) groups is 2. The smallest absolute Gasteiger partial charge is 0.306 e. The molecule has 0 amide bonds. The van der Waals surface area contributed by atoms with Crippen molar-refractivity contribution in [3.8, 4) is 0 Å². The summed E-state index contributed by atoms with van der Waals surface area (Å²) in [7, 11) is 0. The minimum atomic E-state index is -0.794. The number of carbonyl (C=O) groups excluding carboxylic acids is 2. The Bertz CT molecular complexity index is 1180. The minimum absolute atomic E-state index is 0.0840. The van der Waals surface area contributed by atoms with Gasteiger partial charge in [-0.1, -0.05) is 207 Å². The molecule has 0 rings (SSSR count). The van der Waals surface area contributed by atoms with Gasteiger partial charge in [-0.3, -0.25) is 9.59 Å². The molecule has 0 heterocycles. The van der Waals surface area contributed by atoms with Crippen molar-refractivity contribution >= 4 is 11.9 Å². The highest BCUT2D eigenvalue weighted by Gasteiger charge is 2.16.